The number of hydrogen-bond acceptors (Lipinski definition) is 3. The molecule has 0 aliphatic heterocycles. The molecule has 0 spiro atoms. The molecule has 0 bridgehead atoms. The van der Waals surface area contributed by atoms with Crippen LogP contribution >= 0.6 is 0 Å². The summed E-state index contributed by atoms with van der Waals surface area (Å²) >= 11 is 0. The number of anilines is 1. The van der Waals surface area contributed by atoms with Crippen LogP contribution in [0.2, 0.25) is 0 Å². The van der Waals surface area contributed by atoms with Crippen molar-refractivity contribution in [2.24, 2.45) is 0 Å². The first-order valence-corrected chi connectivity index (χ1v) is 8.09. The lowest BCUT2D eigenvalue weighted by Gasteiger charge is -2.21. The Balaban J connectivity index is 2.24. The Bertz CT molecular complexity index is 792. The van der Waals surface area contributed by atoms with Crippen molar-refractivity contribution in [3.8, 4) is 5.75 Å². The molecule has 0 aromatic heterocycles. The number of carbonyl (C=O) groups is 2. The monoisotopic (exact) mass is 340 g/mol. The maximum absolute atomic E-state index is 12.5. The molecule has 0 heterocycles. The van der Waals surface area contributed by atoms with Gasteiger partial charge >= 0.3 is 0 Å². The molecule has 0 unspecified atom stereocenters. The van der Waals surface area contributed by atoms with Crippen molar-refractivity contribution >= 4 is 17.5 Å². The molecule has 0 atom stereocenters. The summed E-state index contributed by atoms with van der Waals surface area (Å²) in [5, 5.41) is 5.72. The molecule has 5 heteroatoms. The van der Waals surface area contributed by atoms with Crippen molar-refractivity contribution in [1.29, 1.82) is 0 Å². The lowest BCUT2D eigenvalue weighted by molar-refractivity contribution is 0.0920. The van der Waals surface area contributed by atoms with Crippen molar-refractivity contribution in [2.75, 3.05) is 12.4 Å². The number of amides is 2. The highest BCUT2D eigenvalue weighted by Gasteiger charge is 2.19. The summed E-state index contributed by atoms with van der Waals surface area (Å²) in [6, 6.07) is 12.2. The van der Waals surface area contributed by atoms with Gasteiger partial charge in [0, 0.05) is 11.1 Å². The van der Waals surface area contributed by atoms with E-state index in [1.54, 1.807) is 49.6 Å². The highest BCUT2D eigenvalue weighted by Crippen LogP contribution is 2.21. The number of benzene rings is 2. The third kappa shape index (κ3) is 4.83. The van der Waals surface area contributed by atoms with Gasteiger partial charge in [-0.05, 0) is 63.6 Å². The second-order valence-electron chi connectivity index (χ2n) is 6.89. The number of methoxy groups -OCH3 is 1. The molecular weight excluding hydrogens is 316 g/mol. The van der Waals surface area contributed by atoms with Crippen LogP contribution in [0.15, 0.2) is 42.5 Å². The molecular formula is C20H24N2O3. The van der Waals surface area contributed by atoms with Crippen LogP contribution in [0.1, 0.15) is 47.1 Å². The largest absolute Gasteiger partial charge is 0.496 e. The van der Waals surface area contributed by atoms with Crippen LogP contribution in [0.5, 0.6) is 5.75 Å². The summed E-state index contributed by atoms with van der Waals surface area (Å²) in [5.74, 6) is 0.220. The Labute approximate surface area is 148 Å². The van der Waals surface area contributed by atoms with Crippen LogP contribution < -0.4 is 15.4 Å². The van der Waals surface area contributed by atoms with Crippen molar-refractivity contribution in [3.05, 3.63) is 59.2 Å². The molecule has 2 aromatic carbocycles. The molecule has 132 valence electrons. The minimum atomic E-state index is -0.360. The minimum absolute atomic E-state index is 0.227. The van der Waals surface area contributed by atoms with Gasteiger partial charge in [0.2, 0.25) is 0 Å². The predicted molar refractivity (Wildman–Crippen MR) is 99.3 cm³/mol. The molecule has 2 aromatic rings. The zero-order chi connectivity index (χ0) is 18.6. The highest BCUT2D eigenvalue weighted by molar-refractivity contribution is 6.09. The topological polar surface area (TPSA) is 67.4 Å². The smallest absolute Gasteiger partial charge is 0.255 e. The Morgan fingerprint density at radius 3 is 2.28 bits per heavy atom. The first-order valence-electron chi connectivity index (χ1n) is 8.09. The lowest BCUT2D eigenvalue weighted by atomic mass is 10.1. The van der Waals surface area contributed by atoms with Crippen molar-refractivity contribution in [3.63, 3.8) is 0 Å². The second-order valence-corrected chi connectivity index (χ2v) is 6.89. The molecule has 0 fully saturated rings. The Hall–Kier alpha value is -2.82. The summed E-state index contributed by atoms with van der Waals surface area (Å²) in [6.45, 7) is 7.60. The van der Waals surface area contributed by atoms with Crippen molar-refractivity contribution < 1.29 is 14.3 Å². The van der Waals surface area contributed by atoms with E-state index in [9.17, 15) is 9.59 Å². The Kier molecular flexibility index (Phi) is 5.47. The van der Waals surface area contributed by atoms with Crippen molar-refractivity contribution in [1.82, 2.24) is 5.32 Å². The number of hydrogen-bond donors (Lipinski definition) is 2. The summed E-state index contributed by atoms with van der Waals surface area (Å²) in [4.78, 5) is 25.0. The molecule has 0 saturated carbocycles. The van der Waals surface area contributed by atoms with Gasteiger partial charge in [-0.3, -0.25) is 9.59 Å². The molecule has 0 aliphatic rings. The van der Waals surface area contributed by atoms with E-state index in [4.69, 9.17) is 4.74 Å². The fourth-order valence-corrected chi connectivity index (χ4v) is 2.41. The van der Waals surface area contributed by atoms with E-state index >= 15 is 0 Å². The van der Waals surface area contributed by atoms with Crippen LogP contribution in [0, 0.1) is 6.92 Å². The van der Waals surface area contributed by atoms with Crippen LogP contribution in [0.4, 0.5) is 5.69 Å². The van der Waals surface area contributed by atoms with Crippen LogP contribution in [-0.2, 0) is 0 Å². The van der Waals surface area contributed by atoms with E-state index in [2.05, 4.69) is 10.6 Å². The average Bonchev–Trinajstić information content (AvgIpc) is 2.53. The maximum Gasteiger partial charge on any atom is 0.255 e. The zero-order valence-electron chi connectivity index (χ0n) is 15.3. The molecule has 0 aliphatic carbocycles. The van der Waals surface area contributed by atoms with Gasteiger partial charge in [0.1, 0.15) is 5.75 Å². The second kappa shape index (κ2) is 7.38. The van der Waals surface area contributed by atoms with Gasteiger partial charge in [0.15, 0.2) is 0 Å². The van der Waals surface area contributed by atoms with Gasteiger partial charge in [0.05, 0.1) is 18.4 Å². The van der Waals surface area contributed by atoms with E-state index < -0.39 is 0 Å². The SMILES string of the molecule is COc1ccc(C(=O)Nc2ccccc2C(=O)NC(C)(C)C)cc1C. The van der Waals surface area contributed by atoms with E-state index in [1.807, 2.05) is 27.7 Å². The van der Waals surface area contributed by atoms with Gasteiger partial charge in [-0.25, -0.2) is 0 Å². The standard InChI is InChI=1S/C20H24N2O3/c1-13-12-14(10-11-17(13)25-5)18(23)21-16-9-7-6-8-15(16)19(24)22-20(2,3)4/h6-12H,1-5H3,(H,21,23)(H,22,24). The van der Waals surface area contributed by atoms with Gasteiger partial charge < -0.3 is 15.4 Å². The van der Waals surface area contributed by atoms with E-state index in [0.29, 0.717) is 16.8 Å². The number of para-hydroxylation sites is 1. The van der Waals surface area contributed by atoms with Crippen molar-refractivity contribution in [2.45, 2.75) is 33.2 Å². The quantitative estimate of drug-likeness (QED) is 0.890. The average molecular weight is 340 g/mol. The number of rotatable bonds is 4. The van der Waals surface area contributed by atoms with Crippen LogP contribution in [-0.4, -0.2) is 24.5 Å². The normalized spacial score (nSPS) is 10.9. The highest BCUT2D eigenvalue weighted by atomic mass is 16.5. The first kappa shape index (κ1) is 18.5. The fourth-order valence-electron chi connectivity index (χ4n) is 2.41. The van der Waals surface area contributed by atoms with Gasteiger partial charge in [-0.1, -0.05) is 12.1 Å². The summed E-state index contributed by atoms with van der Waals surface area (Å²) in [5.41, 5.74) is 1.92. The lowest BCUT2D eigenvalue weighted by Crippen LogP contribution is -2.40. The Morgan fingerprint density at radius 1 is 1.00 bits per heavy atom. The molecule has 2 N–H and O–H groups in total. The predicted octanol–water partition coefficient (Wildman–Crippen LogP) is 3.78. The van der Waals surface area contributed by atoms with E-state index in [1.165, 1.54) is 0 Å². The van der Waals surface area contributed by atoms with E-state index in [-0.39, 0.29) is 17.4 Å². The molecule has 25 heavy (non-hydrogen) atoms. The molecule has 5 nitrogen and oxygen atoms in total. The first-order chi connectivity index (χ1) is 11.7. The summed E-state index contributed by atoms with van der Waals surface area (Å²) in [7, 11) is 1.59. The van der Waals surface area contributed by atoms with Crippen LogP contribution in [0.3, 0.4) is 0 Å². The summed E-state index contributed by atoms with van der Waals surface area (Å²) in [6.07, 6.45) is 0. The number of nitrogens with one attached hydrogen (secondary N) is 2. The molecule has 0 saturated heterocycles. The third-order valence-corrected chi connectivity index (χ3v) is 3.57. The molecule has 2 amide bonds. The minimum Gasteiger partial charge on any atom is -0.496 e. The maximum atomic E-state index is 12.5. The molecule has 0 radical (unpaired) electrons. The number of aryl methyl sites for hydroxylation is 1. The number of carbonyl (C=O) groups excluding carboxylic acids is 2. The summed E-state index contributed by atoms with van der Waals surface area (Å²) < 4.78 is 5.21. The number of ether oxygens (including phenoxy) is 1. The fraction of sp³-hybridized carbons (Fsp3) is 0.300. The van der Waals surface area contributed by atoms with Gasteiger partial charge in [-0.2, -0.15) is 0 Å². The molecule has 2 rings (SSSR count). The zero-order valence-corrected chi connectivity index (χ0v) is 15.3. The van der Waals surface area contributed by atoms with Crippen LogP contribution in [0.25, 0.3) is 0 Å². The van der Waals surface area contributed by atoms with E-state index in [0.717, 1.165) is 11.3 Å². The van der Waals surface area contributed by atoms with Gasteiger partial charge in [0.25, 0.3) is 11.8 Å². The Morgan fingerprint density at radius 2 is 1.68 bits per heavy atom. The third-order valence-electron chi connectivity index (χ3n) is 3.57. The van der Waals surface area contributed by atoms with Gasteiger partial charge in [-0.15, -0.1) is 0 Å².